The van der Waals surface area contributed by atoms with E-state index in [4.69, 9.17) is 22.7 Å². The minimum atomic E-state index is -3.58. The molecule has 122 valence electrons. The average molecular weight is 335 g/mol. The van der Waals surface area contributed by atoms with Crippen LogP contribution >= 0.6 is 12.2 Å². The van der Waals surface area contributed by atoms with Gasteiger partial charge in [0.2, 0.25) is 0 Å². The van der Waals surface area contributed by atoms with Crippen molar-refractivity contribution in [3.05, 3.63) is 0 Å². The van der Waals surface area contributed by atoms with Gasteiger partial charge in [-0.3, -0.25) is 0 Å². The minimum absolute atomic E-state index is 0.265. The molecule has 21 heavy (non-hydrogen) atoms. The largest absolute Gasteiger partial charge is 0.392 e. The van der Waals surface area contributed by atoms with Crippen LogP contribution in [0.25, 0.3) is 0 Å². The van der Waals surface area contributed by atoms with Crippen LogP contribution in [0.5, 0.6) is 0 Å². The number of nitrogens with two attached hydrogens (primary N) is 1. The molecule has 8 heteroatoms. The quantitative estimate of drug-likeness (QED) is 0.747. The van der Waals surface area contributed by atoms with Crippen LogP contribution in [-0.2, 0) is 14.9 Å². The molecule has 0 aromatic heterocycles. The molecule has 0 bridgehead atoms. The lowest BCUT2D eigenvalue weighted by molar-refractivity contribution is 0.0720. The average Bonchev–Trinajstić information content (AvgIpc) is 2.42. The molecule has 1 aliphatic carbocycles. The summed E-state index contributed by atoms with van der Waals surface area (Å²) in [6.45, 7) is 1.62. The highest BCUT2D eigenvalue weighted by Gasteiger charge is 2.39. The molecule has 1 heterocycles. The molecule has 0 amide bonds. The Balaban J connectivity index is 2.15. The zero-order valence-electron chi connectivity index (χ0n) is 12.3. The van der Waals surface area contributed by atoms with Gasteiger partial charge in [-0.15, -0.1) is 0 Å². The lowest BCUT2D eigenvalue weighted by Crippen LogP contribution is -2.60. The molecule has 6 nitrogen and oxygen atoms in total. The number of hydrogen-bond donors (Lipinski definition) is 2. The summed E-state index contributed by atoms with van der Waals surface area (Å²) in [7, 11) is -3.58. The van der Waals surface area contributed by atoms with Crippen molar-refractivity contribution in [2.45, 2.75) is 50.5 Å². The van der Waals surface area contributed by atoms with Crippen LogP contribution in [0.3, 0.4) is 0 Å². The molecule has 2 rings (SSSR count). The Hall–Kier alpha value is -0.280. The number of thiocarbonyl (C=S) groups is 1. The molecule has 3 N–H and O–H groups in total. The zero-order chi connectivity index (χ0) is 15.3. The SMILES string of the molecule is NC(=S)C1(NS(=O)(=O)N2CCOCC2)CCCCCCC1. The van der Waals surface area contributed by atoms with Crippen molar-refractivity contribution in [3.63, 3.8) is 0 Å². The van der Waals surface area contributed by atoms with Crippen molar-refractivity contribution in [3.8, 4) is 0 Å². The smallest absolute Gasteiger partial charge is 0.280 e. The molecule has 0 spiro atoms. The van der Waals surface area contributed by atoms with Gasteiger partial charge in [-0.2, -0.15) is 17.4 Å². The van der Waals surface area contributed by atoms with Gasteiger partial charge >= 0.3 is 0 Å². The maximum Gasteiger partial charge on any atom is 0.280 e. The maximum absolute atomic E-state index is 12.6. The predicted molar refractivity (Wildman–Crippen MR) is 86.3 cm³/mol. The van der Waals surface area contributed by atoms with Crippen LogP contribution in [0, 0.1) is 0 Å². The highest BCUT2D eigenvalue weighted by molar-refractivity contribution is 7.87. The number of rotatable bonds is 4. The normalized spacial score (nSPS) is 25.0. The second-order valence-corrected chi connectivity index (χ2v) is 7.94. The Morgan fingerprint density at radius 3 is 2.14 bits per heavy atom. The molecule has 0 radical (unpaired) electrons. The fourth-order valence-corrected chi connectivity index (χ4v) is 4.89. The van der Waals surface area contributed by atoms with Gasteiger partial charge in [0.15, 0.2) is 0 Å². The van der Waals surface area contributed by atoms with Crippen LogP contribution in [0.4, 0.5) is 0 Å². The van der Waals surface area contributed by atoms with Crippen LogP contribution in [0.1, 0.15) is 44.9 Å². The number of nitrogens with zero attached hydrogens (tertiary/aromatic N) is 1. The van der Waals surface area contributed by atoms with E-state index in [0.717, 1.165) is 25.7 Å². The van der Waals surface area contributed by atoms with E-state index in [1.54, 1.807) is 0 Å². The summed E-state index contributed by atoms with van der Waals surface area (Å²) in [4.78, 5) is 0.265. The standard InChI is InChI=1S/C13H25N3O3S2/c14-12(20)13(6-4-2-1-3-5-7-13)15-21(17,18)16-8-10-19-11-9-16/h15H,1-11H2,(H2,14,20). The van der Waals surface area contributed by atoms with Crippen molar-refractivity contribution in [2.75, 3.05) is 26.3 Å². The lowest BCUT2D eigenvalue weighted by atomic mass is 9.85. The van der Waals surface area contributed by atoms with Crippen LogP contribution in [0.15, 0.2) is 0 Å². The van der Waals surface area contributed by atoms with Gasteiger partial charge in [0.1, 0.15) is 0 Å². The van der Waals surface area contributed by atoms with Crippen LogP contribution in [0.2, 0.25) is 0 Å². The van der Waals surface area contributed by atoms with Crippen molar-refractivity contribution < 1.29 is 13.2 Å². The fraction of sp³-hybridized carbons (Fsp3) is 0.923. The van der Waals surface area contributed by atoms with Gasteiger partial charge in [0.25, 0.3) is 10.2 Å². The topological polar surface area (TPSA) is 84.7 Å². The molecule has 2 aliphatic rings. The molecular weight excluding hydrogens is 310 g/mol. The molecule has 0 atom stereocenters. The van der Waals surface area contributed by atoms with E-state index in [0.29, 0.717) is 39.1 Å². The molecule has 0 unspecified atom stereocenters. The minimum Gasteiger partial charge on any atom is -0.392 e. The van der Waals surface area contributed by atoms with Crippen molar-refractivity contribution in [2.24, 2.45) is 5.73 Å². The molecular formula is C13H25N3O3S2. The van der Waals surface area contributed by atoms with Gasteiger partial charge in [0.05, 0.1) is 23.7 Å². The zero-order valence-corrected chi connectivity index (χ0v) is 14.0. The lowest BCUT2D eigenvalue weighted by Gasteiger charge is -2.37. The molecule has 2 fully saturated rings. The summed E-state index contributed by atoms with van der Waals surface area (Å²) < 4.78 is 34.7. The maximum atomic E-state index is 12.6. The molecule has 1 aliphatic heterocycles. The van der Waals surface area contributed by atoms with Crippen molar-refractivity contribution in [1.82, 2.24) is 9.03 Å². The first kappa shape index (κ1) is 17.1. The summed E-state index contributed by atoms with van der Waals surface area (Å²) in [6.07, 6.45) is 6.67. The van der Waals surface area contributed by atoms with E-state index in [9.17, 15) is 8.42 Å². The fourth-order valence-electron chi connectivity index (χ4n) is 3.01. The molecule has 1 saturated carbocycles. The Kier molecular flexibility index (Phi) is 5.96. The summed E-state index contributed by atoms with van der Waals surface area (Å²) in [5.41, 5.74) is 5.15. The summed E-state index contributed by atoms with van der Waals surface area (Å²) in [6, 6.07) is 0. The third-order valence-corrected chi connectivity index (χ3v) is 6.40. The number of ether oxygens (including phenoxy) is 1. The van der Waals surface area contributed by atoms with E-state index in [2.05, 4.69) is 4.72 Å². The Morgan fingerprint density at radius 2 is 1.62 bits per heavy atom. The van der Waals surface area contributed by atoms with Crippen LogP contribution in [-0.4, -0.2) is 49.6 Å². The van der Waals surface area contributed by atoms with Gasteiger partial charge < -0.3 is 10.5 Å². The highest BCUT2D eigenvalue weighted by Crippen LogP contribution is 2.28. The van der Waals surface area contributed by atoms with E-state index < -0.39 is 15.7 Å². The number of morpholine rings is 1. The van der Waals surface area contributed by atoms with Gasteiger partial charge in [0, 0.05) is 13.1 Å². The first-order valence-electron chi connectivity index (χ1n) is 7.63. The van der Waals surface area contributed by atoms with E-state index in [1.807, 2.05) is 0 Å². The molecule has 1 saturated heterocycles. The first-order chi connectivity index (χ1) is 9.96. The second-order valence-electron chi connectivity index (χ2n) is 5.83. The van der Waals surface area contributed by atoms with Crippen molar-refractivity contribution >= 4 is 27.4 Å². The second kappa shape index (κ2) is 7.32. The Morgan fingerprint density at radius 1 is 1.10 bits per heavy atom. The third-order valence-electron chi connectivity index (χ3n) is 4.31. The highest BCUT2D eigenvalue weighted by atomic mass is 32.2. The summed E-state index contributed by atoms with van der Waals surface area (Å²) in [5, 5.41) is 0. The van der Waals surface area contributed by atoms with Gasteiger partial charge in [-0.05, 0) is 12.8 Å². The third kappa shape index (κ3) is 4.35. The van der Waals surface area contributed by atoms with E-state index in [-0.39, 0.29) is 4.99 Å². The number of hydrogen-bond acceptors (Lipinski definition) is 4. The molecule has 0 aromatic rings. The van der Waals surface area contributed by atoms with E-state index >= 15 is 0 Å². The van der Waals surface area contributed by atoms with E-state index in [1.165, 1.54) is 10.7 Å². The Labute approximate surface area is 132 Å². The Bertz CT molecular complexity index is 453. The van der Waals surface area contributed by atoms with Crippen LogP contribution < -0.4 is 10.5 Å². The predicted octanol–water partition coefficient (Wildman–Crippen LogP) is 0.922. The molecule has 0 aromatic carbocycles. The summed E-state index contributed by atoms with van der Waals surface area (Å²) in [5.74, 6) is 0. The van der Waals surface area contributed by atoms with Crippen molar-refractivity contribution in [1.29, 1.82) is 0 Å². The first-order valence-corrected chi connectivity index (χ1v) is 9.48. The van der Waals surface area contributed by atoms with Gasteiger partial charge in [-0.25, -0.2) is 0 Å². The number of nitrogens with one attached hydrogen (secondary N) is 1. The summed E-state index contributed by atoms with van der Waals surface area (Å²) >= 11 is 5.21. The van der Waals surface area contributed by atoms with Gasteiger partial charge in [-0.1, -0.05) is 44.3 Å². The monoisotopic (exact) mass is 335 g/mol.